The van der Waals surface area contributed by atoms with E-state index in [0.29, 0.717) is 5.75 Å². The maximum atomic E-state index is 10.4. The summed E-state index contributed by atoms with van der Waals surface area (Å²) in [5.74, 6) is 0.540. The number of fused-ring (bicyclic) bond motifs is 2. The molecule has 2 heterocycles. The topological polar surface area (TPSA) is 57.1 Å². The molecule has 0 unspecified atom stereocenters. The molecule has 0 spiro atoms. The molecule has 2 aliphatic rings. The van der Waals surface area contributed by atoms with Gasteiger partial charge in [-0.1, -0.05) is 49.0 Å². The third kappa shape index (κ3) is 4.49. The van der Waals surface area contributed by atoms with Crippen LogP contribution >= 0.6 is 11.8 Å². The number of hydrogen-bond acceptors (Lipinski definition) is 6. The van der Waals surface area contributed by atoms with Gasteiger partial charge in [0, 0.05) is 45.3 Å². The van der Waals surface area contributed by atoms with Gasteiger partial charge in [-0.2, -0.15) is 0 Å². The molecule has 3 aromatic carbocycles. The first-order valence-electron chi connectivity index (χ1n) is 11.2. The van der Waals surface area contributed by atoms with E-state index in [0.717, 1.165) is 56.7 Å². The van der Waals surface area contributed by atoms with Crippen LogP contribution in [0.4, 0.5) is 5.69 Å². The second-order valence-electron chi connectivity index (χ2n) is 8.27. The molecule has 2 aliphatic heterocycles. The van der Waals surface area contributed by atoms with Gasteiger partial charge < -0.3 is 15.3 Å². The van der Waals surface area contributed by atoms with Crippen LogP contribution in [-0.2, 0) is 0 Å². The maximum Gasteiger partial charge on any atom is 0.160 e. The number of aromatic hydroxyl groups is 1. The molecule has 0 aliphatic carbocycles. The van der Waals surface area contributed by atoms with Gasteiger partial charge in [0.25, 0.3) is 0 Å². The number of nitrogens with zero attached hydrogens (tertiary/aromatic N) is 2. The Balaban J connectivity index is 1.55. The van der Waals surface area contributed by atoms with Crippen molar-refractivity contribution in [3.05, 3.63) is 83.9 Å². The highest BCUT2D eigenvalue weighted by molar-refractivity contribution is 7.99. The average molecular weight is 458 g/mol. The van der Waals surface area contributed by atoms with Gasteiger partial charge >= 0.3 is 0 Å². The van der Waals surface area contributed by atoms with Crippen molar-refractivity contribution < 1.29 is 9.84 Å². The Hall–Kier alpha value is -3.22. The number of methoxy groups -OCH3 is 1. The fourth-order valence-electron chi connectivity index (χ4n) is 4.25. The van der Waals surface area contributed by atoms with Gasteiger partial charge in [0.2, 0.25) is 0 Å². The number of benzene rings is 3. The Kier molecular flexibility index (Phi) is 6.11. The van der Waals surface area contributed by atoms with Gasteiger partial charge in [0.05, 0.1) is 18.5 Å². The van der Waals surface area contributed by atoms with Crippen molar-refractivity contribution in [2.75, 3.05) is 20.2 Å². The zero-order valence-corrected chi connectivity index (χ0v) is 19.5. The lowest BCUT2D eigenvalue weighted by Crippen LogP contribution is -2.40. The van der Waals surface area contributed by atoms with Crippen molar-refractivity contribution >= 4 is 28.9 Å². The summed E-state index contributed by atoms with van der Waals surface area (Å²) in [6, 6.07) is 20.0. The number of phenolic OH excluding ortho intramolecular Hbond substituents is 1. The van der Waals surface area contributed by atoms with Gasteiger partial charge in [0.15, 0.2) is 11.5 Å². The van der Waals surface area contributed by atoms with E-state index in [9.17, 15) is 5.11 Å². The van der Waals surface area contributed by atoms with E-state index >= 15 is 0 Å². The lowest BCUT2D eigenvalue weighted by molar-refractivity contribution is 0.189. The quantitative estimate of drug-likeness (QED) is 0.385. The van der Waals surface area contributed by atoms with Crippen LogP contribution in [-0.4, -0.2) is 36.0 Å². The van der Waals surface area contributed by atoms with Crippen LogP contribution in [0.25, 0.3) is 5.70 Å². The first-order chi connectivity index (χ1) is 16.1. The molecule has 1 saturated heterocycles. The molecular formula is C27H27N3O2S. The first-order valence-corrected chi connectivity index (χ1v) is 12.0. The minimum absolute atomic E-state index is 0.0974. The summed E-state index contributed by atoms with van der Waals surface area (Å²) in [5.41, 5.74) is 8.96. The van der Waals surface area contributed by atoms with Crippen molar-refractivity contribution in [1.82, 2.24) is 10.4 Å². The van der Waals surface area contributed by atoms with Crippen molar-refractivity contribution in [3.8, 4) is 11.5 Å². The summed E-state index contributed by atoms with van der Waals surface area (Å²) in [4.78, 5) is 7.31. The van der Waals surface area contributed by atoms with Gasteiger partial charge in [0.1, 0.15) is 0 Å². The first kappa shape index (κ1) is 21.6. The van der Waals surface area contributed by atoms with E-state index in [1.165, 1.54) is 19.3 Å². The van der Waals surface area contributed by atoms with Crippen LogP contribution in [0.2, 0.25) is 0 Å². The largest absolute Gasteiger partial charge is 0.504 e. The molecule has 0 atom stereocenters. The molecule has 0 aromatic heterocycles. The lowest BCUT2D eigenvalue weighted by atomic mass is 10.0. The Labute approximate surface area is 198 Å². The smallest absolute Gasteiger partial charge is 0.160 e. The second kappa shape index (κ2) is 9.33. The number of nitrogens with one attached hydrogen (secondary N) is 1. The van der Waals surface area contributed by atoms with Crippen LogP contribution in [0.1, 0.15) is 36.0 Å². The SMILES string of the molecule is C=C(NN1CCCCC1)c1ccc2c(c1)N=C(c1ccc(OC)c(O)c1)c1ccccc1S2. The zero-order chi connectivity index (χ0) is 22.8. The van der Waals surface area contributed by atoms with E-state index < -0.39 is 0 Å². The molecule has 0 bridgehead atoms. The number of ether oxygens (including phenoxy) is 1. The summed E-state index contributed by atoms with van der Waals surface area (Å²) in [7, 11) is 1.55. The monoisotopic (exact) mass is 457 g/mol. The predicted octanol–water partition coefficient (Wildman–Crippen LogP) is 6.00. The molecule has 5 nitrogen and oxygen atoms in total. The third-order valence-electron chi connectivity index (χ3n) is 6.00. The van der Waals surface area contributed by atoms with Crippen LogP contribution in [0.3, 0.4) is 0 Å². The molecule has 3 aromatic rings. The molecule has 33 heavy (non-hydrogen) atoms. The van der Waals surface area contributed by atoms with Crippen molar-refractivity contribution in [2.45, 2.75) is 29.1 Å². The molecule has 1 fully saturated rings. The number of rotatable bonds is 5. The minimum atomic E-state index is 0.0974. The third-order valence-corrected chi connectivity index (χ3v) is 7.14. The van der Waals surface area contributed by atoms with Gasteiger partial charge in [-0.3, -0.25) is 0 Å². The Morgan fingerprint density at radius 1 is 1.03 bits per heavy atom. The van der Waals surface area contributed by atoms with E-state index in [4.69, 9.17) is 9.73 Å². The molecular weight excluding hydrogens is 430 g/mol. The number of aliphatic imine (C=N–C) groups is 1. The fourth-order valence-corrected chi connectivity index (χ4v) is 5.25. The normalized spacial score (nSPS) is 15.6. The number of hydrazine groups is 1. The van der Waals surface area contributed by atoms with E-state index in [-0.39, 0.29) is 5.75 Å². The molecule has 168 valence electrons. The molecule has 2 N–H and O–H groups in total. The van der Waals surface area contributed by atoms with E-state index in [1.807, 2.05) is 18.2 Å². The van der Waals surface area contributed by atoms with Crippen molar-refractivity contribution in [2.24, 2.45) is 4.99 Å². The second-order valence-corrected chi connectivity index (χ2v) is 9.35. The molecule has 6 heteroatoms. The number of phenols is 1. The van der Waals surface area contributed by atoms with Crippen molar-refractivity contribution in [1.29, 1.82) is 0 Å². The highest BCUT2D eigenvalue weighted by Crippen LogP contribution is 2.42. The molecule has 0 amide bonds. The van der Waals surface area contributed by atoms with Crippen molar-refractivity contribution in [3.63, 3.8) is 0 Å². The Morgan fingerprint density at radius 2 is 1.85 bits per heavy atom. The highest BCUT2D eigenvalue weighted by atomic mass is 32.2. The van der Waals surface area contributed by atoms with Crippen LogP contribution < -0.4 is 10.2 Å². The number of hydrogen-bond donors (Lipinski definition) is 2. The van der Waals surface area contributed by atoms with Gasteiger partial charge in [-0.25, -0.2) is 10.0 Å². The van der Waals surface area contributed by atoms with E-state index in [1.54, 1.807) is 31.0 Å². The van der Waals surface area contributed by atoms with Crippen LogP contribution in [0, 0.1) is 0 Å². The fraction of sp³-hybridized carbons (Fsp3) is 0.222. The van der Waals surface area contributed by atoms with Crippen LogP contribution in [0.15, 0.2) is 82.0 Å². The lowest BCUT2D eigenvalue weighted by Gasteiger charge is -2.28. The van der Waals surface area contributed by atoms with Gasteiger partial charge in [-0.15, -0.1) is 0 Å². The zero-order valence-electron chi connectivity index (χ0n) is 18.7. The predicted molar refractivity (Wildman–Crippen MR) is 135 cm³/mol. The summed E-state index contributed by atoms with van der Waals surface area (Å²) < 4.78 is 5.23. The molecule has 0 saturated carbocycles. The Bertz CT molecular complexity index is 1230. The summed E-state index contributed by atoms with van der Waals surface area (Å²) in [6.45, 7) is 6.36. The standard InChI is InChI=1S/C27H27N3O2S/c1-18(29-30-14-6-3-7-15-30)19-11-13-26-22(16-19)28-27(21-8-4-5-9-25(21)33-26)20-10-12-24(32-2)23(31)17-20/h4-5,8-13,16-17,29,31H,1,3,6-7,14-15H2,2H3. The maximum absolute atomic E-state index is 10.4. The Morgan fingerprint density at radius 3 is 2.64 bits per heavy atom. The molecule has 5 rings (SSSR count). The summed E-state index contributed by atoms with van der Waals surface area (Å²) in [5, 5.41) is 12.6. The minimum Gasteiger partial charge on any atom is -0.504 e. The van der Waals surface area contributed by atoms with Gasteiger partial charge in [-0.05, 0) is 49.2 Å². The van der Waals surface area contributed by atoms with E-state index in [2.05, 4.69) is 47.3 Å². The highest BCUT2D eigenvalue weighted by Gasteiger charge is 2.20. The molecule has 0 radical (unpaired) electrons. The summed E-state index contributed by atoms with van der Waals surface area (Å²) in [6.07, 6.45) is 3.71. The van der Waals surface area contributed by atoms with Crippen LogP contribution in [0.5, 0.6) is 11.5 Å². The number of piperidine rings is 1. The summed E-state index contributed by atoms with van der Waals surface area (Å²) >= 11 is 1.71. The average Bonchev–Trinajstić information content (AvgIpc) is 3.01.